The third kappa shape index (κ3) is 4.50. The van der Waals surface area contributed by atoms with Crippen LogP contribution in [0.2, 0.25) is 5.02 Å². The van der Waals surface area contributed by atoms with Crippen LogP contribution in [0, 0.1) is 6.92 Å². The molecule has 1 fully saturated rings. The standard InChI is InChI=1S/C21H25ClN2O3S/c1-15-8-9-16(21(25)23-18-6-4-3-5-7-18)14-20(15)24(2)28(26,27)19-12-10-17(22)11-13-19/h8-14,18H,3-7H2,1-2H3,(H,23,25). The average Bonchev–Trinajstić information content (AvgIpc) is 2.69. The van der Waals surface area contributed by atoms with E-state index < -0.39 is 10.0 Å². The Morgan fingerprint density at radius 3 is 2.36 bits per heavy atom. The van der Waals surface area contributed by atoms with E-state index in [2.05, 4.69) is 5.32 Å². The smallest absolute Gasteiger partial charge is 0.264 e. The molecule has 150 valence electrons. The number of nitrogens with zero attached hydrogens (tertiary/aromatic N) is 1. The molecule has 0 heterocycles. The lowest BCUT2D eigenvalue weighted by Crippen LogP contribution is -2.36. The third-order valence-corrected chi connectivity index (χ3v) is 7.26. The minimum atomic E-state index is -3.76. The molecule has 1 aliphatic rings. The quantitative estimate of drug-likeness (QED) is 0.772. The Labute approximate surface area is 171 Å². The maximum atomic E-state index is 13.0. The van der Waals surface area contributed by atoms with Crippen molar-refractivity contribution < 1.29 is 13.2 Å². The molecule has 1 saturated carbocycles. The van der Waals surface area contributed by atoms with Gasteiger partial charge in [0.25, 0.3) is 15.9 Å². The van der Waals surface area contributed by atoms with E-state index in [1.165, 1.54) is 29.9 Å². The van der Waals surface area contributed by atoms with Gasteiger partial charge in [0.15, 0.2) is 0 Å². The van der Waals surface area contributed by atoms with Crippen molar-refractivity contribution in [3.05, 3.63) is 58.6 Å². The number of carbonyl (C=O) groups excluding carboxylic acids is 1. The van der Waals surface area contributed by atoms with E-state index in [1.54, 1.807) is 30.3 Å². The zero-order valence-electron chi connectivity index (χ0n) is 16.1. The molecule has 0 aromatic heterocycles. The minimum Gasteiger partial charge on any atom is -0.349 e. The lowest BCUT2D eigenvalue weighted by Gasteiger charge is -2.24. The first-order chi connectivity index (χ1) is 13.3. The highest BCUT2D eigenvalue weighted by molar-refractivity contribution is 7.92. The zero-order chi connectivity index (χ0) is 20.3. The molecule has 0 spiro atoms. The number of hydrogen-bond donors (Lipinski definition) is 1. The van der Waals surface area contributed by atoms with Crippen LogP contribution in [0.1, 0.15) is 48.0 Å². The molecule has 1 N–H and O–H groups in total. The first kappa shape index (κ1) is 20.7. The van der Waals surface area contributed by atoms with E-state index in [0.717, 1.165) is 31.2 Å². The molecule has 0 saturated heterocycles. The van der Waals surface area contributed by atoms with Crippen LogP contribution in [-0.2, 0) is 10.0 Å². The number of halogens is 1. The molecule has 0 aliphatic heterocycles. The van der Waals surface area contributed by atoms with Crippen molar-refractivity contribution in [2.24, 2.45) is 0 Å². The molecule has 2 aromatic carbocycles. The predicted octanol–water partition coefficient (Wildman–Crippen LogP) is 4.54. The lowest BCUT2D eigenvalue weighted by molar-refractivity contribution is 0.0927. The summed E-state index contributed by atoms with van der Waals surface area (Å²) in [7, 11) is -2.26. The van der Waals surface area contributed by atoms with Crippen LogP contribution in [0.4, 0.5) is 5.69 Å². The van der Waals surface area contributed by atoms with Crippen molar-refractivity contribution in [3.8, 4) is 0 Å². The molecule has 0 unspecified atom stereocenters. The summed E-state index contributed by atoms with van der Waals surface area (Å²) >= 11 is 5.87. The van der Waals surface area contributed by atoms with Gasteiger partial charge in [-0.15, -0.1) is 0 Å². The Bertz CT molecular complexity index is 952. The molecule has 1 aliphatic carbocycles. The summed E-state index contributed by atoms with van der Waals surface area (Å²) in [5.41, 5.74) is 1.71. The second-order valence-electron chi connectivity index (χ2n) is 7.24. The molecule has 0 radical (unpaired) electrons. The number of amides is 1. The largest absolute Gasteiger partial charge is 0.349 e. The van der Waals surface area contributed by atoms with Crippen LogP contribution in [-0.4, -0.2) is 27.4 Å². The van der Waals surface area contributed by atoms with E-state index in [4.69, 9.17) is 11.6 Å². The number of carbonyl (C=O) groups is 1. The fourth-order valence-electron chi connectivity index (χ4n) is 3.50. The SMILES string of the molecule is Cc1ccc(C(=O)NC2CCCCC2)cc1N(C)S(=O)(=O)c1ccc(Cl)cc1. The van der Waals surface area contributed by atoms with E-state index in [1.807, 2.05) is 6.92 Å². The Balaban J connectivity index is 1.85. The summed E-state index contributed by atoms with van der Waals surface area (Å²) in [5.74, 6) is -0.162. The summed E-state index contributed by atoms with van der Waals surface area (Å²) in [5, 5.41) is 3.55. The summed E-state index contributed by atoms with van der Waals surface area (Å²) in [4.78, 5) is 12.8. The molecule has 0 bridgehead atoms. The van der Waals surface area contributed by atoms with Gasteiger partial charge in [-0.05, 0) is 61.7 Å². The zero-order valence-corrected chi connectivity index (χ0v) is 17.7. The molecule has 0 atom stereocenters. The second kappa shape index (κ2) is 8.53. The topological polar surface area (TPSA) is 66.5 Å². The van der Waals surface area contributed by atoms with Gasteiger partial charge in [0.2, 0.25) is 0 Å². The van der Waals surface area contributed by atoms with Crippen molar-refractivity contribution in [2.75, 3.05) is 11.4 Å². The number of anilines is 1. The van der Waals surface area contributed by atoms with E-state index in [0.29, 0.717) is 16.3 Å². The van der Waals surface area contributed by atoms with Gasteiger partial charge in [-0.3, -0.25) is 9.10 Å². The Hall–Kier alpha value is -2.05. The number of benzene rings is 2. The van der Waals surface area contributed by atoms with Crippen molar-refractivity contribution in [3.63, 3.8) is 0 Å². The van der Waals surface area contributed by atoms with Gasteiger partial charge >= 0.3 is 0 Å². The van der Waals surface area contributed by atoms with Crippen LogP contribution in [0.15, 0.2) is 47.4 Å². The van der Waals surface area contributed by atoms with Crippen LogP contribution >= 0.6 is 11.6 Å². The molecule has 3 rings (SSSR count). The highest BCUT2D eigenvalue weighted by Crippen LogP contribution is 2.27. The third-order valence-electron chi connectivity index (χ3n) is 5.22. The van der Waals surface area contributed by atoms with Gasteiger partial charge in [0.1, 0.15) is 0 Å². The van der Waals surface area contributed by atoms with Crippen molar-refractivity contribution in [2.45, 2.75) is 50.0 Å². The fraction of sp³-hybridized carbons (Fsp3) is 0.381. The molecule has 28 heavy (non-hydrogen) atoms. The maximum absolute atomic E-state index is 13.0. The van der Waals surface area contributed by atoms with Crippen LogP contribution < -0.4 is 9.62 Å². The molecule has 2 aromatic rings. The highest BCUT2D eigenvalue weighted by Gasteiger charge is 2.24. The van der Waals surface area contributed by atoms with Gasteiger partial charge in [-0.2, -0.15) is 0 Å². The number of nitrogens with one attached hydrogen (secondary N) is 1. The Morgan fingerprint density at radius 1 is 1.07 bits per heavy atom. The van der Waals surface area contributed by atoms with E-state index in [9.17, 15) is 13.2 Å². The average molecular weight is 421 g/mol. The number of sulfonamides is 1. The monoisotopic (exact) mass is 420 g/mol. The maximum Gasteiger partial charge on any atom is 0.264 e. The second-order valence-corrected chi connectivity index (χ2v) is 9.64. The number of aryl methyl sites for hydroxylation is 1. The lowest BCUT2D eigenvalue weighted by atomic mass is 9.95. The number of hydrogen-bond acceptors (Lipinski definition) is 3. The van der Waals surface area contributed by atoms with Gasteiger partial charge < -0.3 is 5.32 Å². The normalized spacial score (nSPS) is 15.2. The van der Waals surface area contributed by atoms with Crippen molar-refractivity contribution in [1.29, 1.82) is 0 Å². The van der Waals surface area contributed by atoms with Gasteiger partial charge in [0, 0.05) is 23.7 Å². The van der Waals surface area contributed by atoms with Gasteiger partial charge in [-0.25, -0.2) is 8.42 Å². The van der Waals surface area contributed by atoms with Crippen LogP contribution in [0.3, 0.4) is 0 Å². The fourth-order valence-corrected chi connectivity index (χ4v) is 4.88. The van der Waals surface area contributed by atoms with Gasteiger partial charge in [-0.1, -0.05) is 36.9 Å². The van der Waals surface area contributed by atoms with E-state index >= 15 is 0 Å². The molecule has 7 heteroatoms. The summed E-state index contributed by atoms with van der Waals surface area (Å²) in [6, 6.07) is 11.4. The molecular formula is C21H25ClN2O3S. The van der Waals surface area contributed by atoms with Crippen molar-refractivity contribution in [1.82, 2.24) is 5.32 Å². The van der Waals surface area contributed by atoms with Crippen LogP contribution in [0.5, 0.6) is 0 Å². The number of rotatable bonds is 5. The molecule has 5 nitrogen and oxygen atoms in total. The highest BCUT2D eigenvalue weighted by atomic mass is 35.5. The summed E-state index contributed by atoms with van der Waals surface area (Å²) in [6.45, 7) is 1.83. The minimum absolute atomic E-state index is 0.149. The Morgan fingerprint density at radius 2 is 1.71 bits per heavy atom. The molecular weight excluding hydrogens is 396 g/mol. The van der Waals surface area contributed by atoms with Gasteiger partial charge in [0.05, 0.1) is 10.6 Å². The summed E-state index contributed by atoms with van der Waals surface area (Å²) in [6.07, 6.45) is 5.47. The van der Waals surface area contributed by atoms with Crippen molar-refractivity contribution >= 4 is 33.2 Å². The Kier molecular flexibility index (Phi) is 6.30. The van der Waals surface area contributed by atoms with E-state index in [-0.39, 0.29) is 16.8 Å². The van der Waals surface area contributed by atoms with Crippen LogP contribution in [0.25, 0.3) is 0 Å². The first-order valence-electron chi connectivity index (χ1n) is 9.45. The molecule has 1 amide bonds. The first-order valence-corrected chi connectivity index (χ1v) is 11.3. The predicted molar refractivity (Wildman–Crippen MR) is 113 cm³/mol. The summed E-state index contributed by atoms with van der Waals surface area (Å²) < 4.78 is 27.2.